The predicted octanol–water partition coefficient (Wildman–Crippen LogP) is 3.06. The van der Waals surface area contributed by atoms with Crippen molar-refractivity contribution >= 4 is 0 Å². The molecule has 0 saturated heterocycles. The van der Waals surface area contributed by atoms with Crippen molar-refractivity contribution in [3.8, 4) is 5.75 Å². The Morgan fingerprint density at radius 1 is 1.00 bits per heavy atom. The first-order valence-corrected chi connectivity index (χ1v) is 6.77. The molecule has 20 heavy (non-hydrogen) atoms. The van der Waals surface area contributed by atoms with E-state index in [1.807, 2.05) is 0 Å². The minimum atomic E-state index is -4.63. The van der Waals surface area contributed by atoms with Gasteiger partial charge in [0.1, 0.15) is 5.75 Å². The molecule has 0 aromatic heterocycles. The summed E-state index contributed by atoms with van der Waals surface area (Å²) in [5, 5.41) is 6.54. The van der Waals surface area contributed by atoms with Crippen LogP contribution in [0.4, 0.5) is 13.2 Å². The number of benzene rings is 1. The average Bonchev–Trinajstić information content (AvgIpc) is 2.38. The van der Waals surface area contributed by atoms with Crippen molar-refractivity contribution < 1.29 is 17.9 Å². The fourth-order valence-corrected chi connectivity index (χ4v) is 1.68. The topological polar surface area (TPSA) is 33.3 Å². The molecule has 0 radical (unpaired) electrons. The van der Waals surface area contributed by atoms with Gasteiger partial charge >= 0.3 is 6.36 Å². The highest BCUT2D eigenvalue weighted by Gasteiger charge is 2.30. The molecular formula is C14H21F3N2O. The molecular weight excluding hydrogens is 269 g/mol. The molecule has 1 rings (SSSR count). The van der Waals surface area contributed by atoms with Gasteiger partial charge < -0.3 is 15.4 Å². The van der Waals surface area contributed by atoms with E-state index in [-0.39, 0.29) is 5.75 Å². The molecule has 0 aliphatic rings. The van der Waals surface area contributed by atoms with Crippen LogP contribution in [0.15, 0.2) is 24.3 Å². The lowest BCUT2D eigenvalue weighted by Crippen LogP contribution is -2.22. The zero-order valence-corrected chi connectivity index (χ0v) is 11.6. The van der Waals surface area contributed by atoms with E-state index in [2.05, 4.69) is 22.3 Å². The van der Waals surface area contributed by atoms with Crippen LogP contribution in [-0.2, 0) is 6.54 Å². The summed E-state index contributed by atoms with van der Waals surface area (Å²) >= 11 is 0. The van der Waals surface area contributed by atoms with Crippen LogP contribution >= 0.6 is 0 Å². The van der Waals surface area contributed by atoms with Crippen LogP contribution in [0, 0.1) is 0 Å². The van der Waals surface area contributed by atoms with E-state index in [0.29, 0.717) is 6.54 Å². The van der Waals surface area contributed by atoms with Crippen LogP contribution in [0.2, 0.25) is 0 Å². The molecule has 0 heterocycles. The molecule has 3 nitrogen and oxygen atoms in total. The van der Waals surface area contributed by atoms with Gasteiger partial charge in [-0.15, -0.1) is 13.2 Å². The summed E-state index contributed by atoms with van der Waals surface area (Å²) < 4.78 is 39.7. The van der Waals surface area contributed by atoms with Crippen molar-refractivity contribution in [2.75, 3.05) is 19.6 Å². The van der Waals surface area contributed by atoms with Crippen molar-refractivity contribution in [1.29, 1.82) is 0 Å². The molecule has 0 unspecified atom stereocenters. The van der Waals surface area contributed by atoms with Crippen LogP contribution in [0.5, 0.6) is 5.75 Å². The van der Waals surface area contributed by atoms with Crippen molar-refractivity contribution in [3.63, 3.8) is 0 Å². The summed E-state index contributed by atoms with van der Waals surface area (Å²) in [6.45, 7) is 5.63. The van der Waals surface area contributed by atoms with Gasteiger partial charge in [0, 0.05) is 6.54 Å². The summed E-state index contributed by atoms with van der Waals surface area (Å²) in [6, 6.07) is 5.91. The molecule has 0 fully saturated rings. The zero-order valence-electron chi connectivity index (χ0n) is 11.6. The van der Waals surface area contributed by atoms with Crippen LogP contribution in [0.25, 0.3) is 0 Å². The Morgan fingerprint density at radius 2 is 1.65 bits per heavy atom. The second-order valence-electron chi connectivity index (χ2n) is 4.47. The number of alkyl halides is 3. The van der Waals surface area contributed by atoms with Crippen LogP contribution in [0.1, 0.15) is 25.3 Å². The number of ether oxygens (including phenoxy) is 1. The molecule has 0 atom stereocenters. The third kappa shape index (κ3) is 8.01. The number of nitrogens with one attached hydrogen (secondary N) is 2. The van der Waals surface area contributed by atoms with Gasteiger partial charge in [-0.1, -0.05) is 19.1 Å². The van der Waals surface area contributed by atoms with E-state index in [0.717, 1.165) is 38.0 Å². The van der Waals surface area contributed by atoms with Gasteiger partial charge in [0.15, 0.2) is 0 Å². The predicted molar refractivity (Wildman–Crippen MR) is 72.6 cm³/mol. The molecule has 0 aliphatic carbocycles. The maximum atomic E-state index is 12.0. The number of hydrogen-bond donors (Lipinski definition) is 2. The average molecular weight is 290 g/mol. The molecule has 0 bridgehead atoms. The van der Waals surface area contributed by atoms with Gasteiger partial charge in [-0.2, -0.15) is 0 Å². The van der Waals surface area contributed by atoms with E-state index in [1.165, 1.54) is 12.1 Å². The first kappa shape index (κ1) is 16.8. The zero-order chi connectivity index (χ0) is 14.8. The number of halogens is 3. The number of hydrogen-bond acceptors (Lipinski definition) is 3. The normalized spacial score (nSPS) is 11.6. The lowest BCUT2D eigenvalue weighted by molar-refractivity contribution is -0.274. The summed E-state index contributed by atoms with van der Waals surface area (Å²) in [4.78, 5) is 0. The summed E-state index contributed by atoms with van der Waals surface area (Å²) in [5.74, 6) is -0.190. The molecule has 0 saturated carbocycles. The largest absolute Gasteiger partial charge is 0.573 e. The highest BCUT2D eigenvalue weighted by Crippen LogP contribution is 2.22. The molecule has 0 spiro atoms. The van der Waals surface area contributed by atoms with Gasteiger partial charge in [0.2, 0.25) is 0 Å². The standard InChI is InChI=1S/C14H21F3N2O/c1-2-8-18-9-3-10-19-11-12-4-6-13(7-5-12)20-14(15,16)17/h4-7,18-19H,2-3,8-11H2,1H3. The van der Waals surface area contributed by atoms with Crippen LogP contribution in [0.3, 0.4) is 0 Å². The maximum absolute atomic E-state index is 12.0. The highest BCUT2D eigenvalue weighted by atomic mass is 19.4. The smallest absolute Gasteiger partial charge is 0.406 e. The molecule has 0 amide bonds. The Labute approximate surface area is 117 Å². The molecule has 1 aromatic carbocycles. The first-order chi connectivity index (χ1) is 9.51. The SMILES string of the molecule is CCCNCCCNCc1ccc(OC(F)(F)F)cc1. The molecule has 1 aromatic rings. The van der Waals surface area contributed by atoms with E-state index < -0.39 is 6.36 Å². The van der Waals surface area contributed by atoms with Gasteiger partial charge in [-0.05, 0) is 50.2 Å². The van der Waals surface area contributed by atoms with Gasteiger partial charge in [0.05, 0.1) is 0 Å². The molecule has 114 valence electrons. The third-order valence-electron chi connectivity index (χ3n) is 2.62. The Bertz CT molecular complexity index is 366. The summed E-state index contributed by atoms with van der Waals surface area (Å²) in [5.41, 5.74) is 0.932. The lowest BCUT2D eigenvalue weighted by Gasteiger charge is -2.10. The minimum absolute atomic E-state index is 0.190. The summed E-state index contributed by atoms with van der Waals surface area (Å²) in [7, 11) is 0. The van der Waals surface area contributed by atoms with Crippen molar-refractivity contribution in [1.82, 2.24) is 10.6 Å². The Kier molecular flexibility index (Phi) is 7.40. The molecule has 6 heteroatoms. The van der Waals surface area contributed by atoms with E-state index in [9.17, 15) is 13.2 Å². The van der Waals surface area contributed by atoms with Crippen molar-refractivity contribution in [3.05, 3.63) is 29.8 Å². The van der Waals surface area contributed by atoms with Crippen LogP contribution < -0.4 is 15.4 Å². The van der Waals surface area contributed by atoms with Gasteiger partial charge in [0.25, 0.3) is 0 Å². The Hall–Kier alpha value is -1.27. The monoisotopic (exact) mass is 290 g/mol. The molecule has 2 N–H and O–H groups in total. The van der Waals surface area contributed by atoms with Crippen molar-refractivity contribution in [2.45, 2.75) is 32.7 Å². The van der Waals surface area contributed by atoms with E-state index in [1.54, 1.807) is 12.1 Å². The minimum Gasteiger partial charge on any atom is -0.406 e. The van der Waals surface area contributed by atoms with Crippen molar-refractivity contribution in [2.24, 2.45) is 0 Å². The Morgan fingerprint density at radius 3 is 2.25 bits per heavy atom. The fraction of sp³-hybridized carbons (Fsp3) is 0.571. The van der Waals surface area contributed by atoms with E-state index >= 15 is 0 Å². The second-order valence-corrected chi connectivity index (χ2v) is 4.47. The first-order valence-electron chi connectivity index (χ1n) is 6.77. The number of rotatable bonds is 9. The van der Waals surface area contributed by atoms with E-state index in [4.69, 9.17) is 0 Å². The van der Waals surface area contributed by atoms with Gasteiger partial charge in [-0.25, -0.2) is 0 Å². The Balaban J connectivity index is 2.18. The fourth-order valence-electron chi connectivity index (χ4n) is 1.68. The summed E-state index contributed by atoms with van der Waals surface area (Å²) in [6.07, 6.45) is -2.49. The third-order valence-corrected chi connectivity index (χ3v) is 2.62. The quantitative estimate of drug-likeness (QED) is 0.686. The maximum Gasteiger partial charge on any atom is 0.573 e. The lowest BCUT2D eigenvalue weighted by atomic mass is 10.2. The highest BCUT2D eigenvalue weighted by molar-refractivity contribution is 5.27. The molecule has 0 aliphatic heterocycles. The second kappa shape index (κ2) is 8.81. The van der Waals surface area contributed by atoms with Gasteiger partial charge in [-0.3, -0.25) is 0 Å². The van der Waals surface area contributed by atoms with Crippen LogP contribution in [-0.4, -0.2) is 26.0 Å².